The van der Waals surface area contributed by atoms with Crippen molar-refractivity contribution in [3.05, 3.63) is 29.0 Å². The van der Waals surface area contributed by atoms with E-state index in [1.165, 1.54) is 12.3 Å². The number of aromatic nitrogens is 1. The van der Waals surface area contributed by atoms with E-state index in [2.05, 4.69) is 10.3 Å². The summed E-state index contributed by atoms with van der Waals surface area (Å²) in [5, 5.41) is 2.96. The Morgan fingerprint density at radius 2 is 2.33 bits per heavy atom. The molecule has 1 heterocycles. The van der Waals surface area contributed by atoms with Crippen LogP contribution in [-0.4, -0.2) is 17.9 Å². The number of hydrogen-bond acceptors (Lipinski definition) is 2. The summed E-state index contributed by atoms with van der Waals surface area (Å²) < 4.78 is 0. The second kappa shape index (κ2) is 4.95. The number of nitrogens with zero attached hydrogens (tertiary/aromatic N) is 1. The lowest BCUT2D eigenvalue weighted by Gasteiger charge is -1.97. The smallest absolute Gasteiger partial charge is 0.269 e. The van der Waals surface area contributed by atoms with Crippen molar-refractivity contribution in [3.8, 4) is 0 Å². The van der Waals surface area contributed by atoms with Gasteiger partial charge in [0.15, 0.2) is 0 Å². The molecule has 0 fully saturated rings. The Kier molecular flexibility index (Phi) is 4.62. The number of halogens is 2. The standard InChI is InChI=1S/C7H7ClN2O.ClH/c1-9-7(11)6-4-5(8)2-3-10-6;/h2-4H,1H3,(H,9,11);1H. The maximum atomic E-state index is 10.9. The van der Waals surface area contributed by atoms with Crippen molar-refractivity contribution < 1.29 is 4.79 Å². The first kappa shape index (κ1) is 11.2. The fraction of sp³-hybridized carbons (Fsp3) is 0.143. The third kappa shape index (κ3) is 2.68. The van der Waals surface area contributed by atoms with Gasteiger partial charge >= 0.3 is 0 Å². The van der Waals surface area contributed by atoms with Gasteiger partial charge in [-0.25, -0.2) is 0 Å². The summed E-state index contributed by atoms with van der Waals surface area (Å²) in [6.07, 6.45) is 1.49. The zero-order valence-corrected chi connectivity index (χ0v) is 7.95. The molecule has 66 valence electrons. The molecular formula is C7H8Cl2N2O. The van der Waals surface area contributed by atoms with Gasteiger partial charge in [0.05, 0.1) is 0 Å². The molecule has 0 saturated carbocycles. The highest BCUT2D eigenvalue weighted by Gasteiger charge is 2.03. The zero-order valence-electron chi connectivity index (χ0n) is 6.37. The average Bonchev–Trinajstić information content (AvgIpc) is 2.03. The Labute approximate surface area is 81.5 Å². The quantitative estimate of drug-likeness (QED) is 0.758. The molecule has 1 aromatic rings. The third-order valence-electron chi connectivity index (χ3n) is 1.18. The van der Waals surface area contributed by atoms with E-state index in [1.807, 2.05) is 0 Å². The fourth-order valence-corrected chi connectivity index (χ4v) is 0.817. The minimum absolute atomic E-state index is 0. The molecule has 0 aliphatic rings. The molecule has 1 amide bonds. The van der Waals surface area contributed by atoms with Crippen LogP contribution < -0.4 is 5.32 Å². The van der Waals surface area contributed by atoms with Crippen LogP contribution in [0.15, 0.2) is 18.3 Å². The van der Waals surface area contributed by atoms with E-state index in [4.69, 9.17) is 11.6 Å². The highest BCUT2D eigenvalue weighted by molar-refractivity contribution is 6.30. The zero-order chi connectivity index (χ0) is 8.27. The minimum Gasteiger partial charge on any atom is -0.354 e. The first-order valence-electron chi connectivity index (χ1n) is 3.07. The molecule has 0 unspecified atom stereocenters. The molecule has 0 radical (unpaired) electrons. The Balaban J connectivity index is 0.00000121. The monoisotopic (exact) mass is 206 g/mol. The van der Waals surface area contributed by atoms with E-state index in [-0.39, 0.29) is 18.3 Å². The van der Waals surface area contributed by atoms with E-state index in [1.54, 1.807) is 13.1 Å². The van der Waals surface area contributed by atoms with E-state index < -0.39 is 0 Å². The van der Waals surface area contributed by atoms with E-state index in [0.29, 0.717) is 10.7 Å². The van der Waals surface area contributed by atoms with Crippen molar-refractivity contribution in [3.63, 3.8) is 0 Å². The molecule has 0 saturated heterocycles. The lowest BCUT2D eigenvalue weighted by atomic mass is 10.3. The normalized spacial score (nSPS) is 8.50. The summed E-state index contributed by atoms with van der Waals surface area (Å²) in [5.74, 6) is -0.229. The summed E-state index contributed by atoms with van der Waals surface area (Å²) in [5.41, 5.74) is 0.333. The van der Waals surface area contributed by atoms with Crippen LogP contribution in [0.3, 0.4) is 0 Å². The largest absolute Gasteiger partial charge is 0.354 e. The number of hydrogen-bond donors (Lipinski definition) is 1. The van der Waals surface area contributed by atoms with Gasteiger partial charge in [-0.1, -0.05) is 11.6 Å². The van der Waals surface area contributed by atoms with Crippen molar-refractivity contribution in [2.75, 3.05) is 7.05 Å². The van der Waals surface area contributed by atoms with Gasteiger partial charge in [-0.15, -0.1) is 12.4 Å². The van der Waals surface area contributed by atoms with Crippen LogP contribution >= 0.6 is 24.0 Å². The molecule has 0 atom stereocenters. The van der Waals surface area contributed by atoms with Crippen molar-refractivity contribution in [2.45, 2.75) is 0 Å². The number of carbonyl (C=O) groups excluding carboxylic acids is 1. The molecule has 0 aliphatic heterocycles. The highest BCUT2D eigenvalue weighted by Crippen LogP contribution is 2.07. The molecule has 0 aromatic carbocycles. The predicted octanol–water partition coefficient (Wildman–Crippen LogP) is 1.52. The van der Waals surface area contributed by atoms with Crippen molar-refractivity contribution in [2.24, 2.45) is 0 Å². The number of nitrogens with one attached hydrogen (secondary N) is 1. The summed E-state index contributed by atoms with van der Waals surface area (Å²) in [7, 11) is 1.55. The van der Waals surface area contributed by atoms with Crippen LogP contribution in [0.1, 0.15) is 10.5 Å². The molecule has 0 spiro atoms. The SMILES string of the molecule is CNC(=O)c1cc(Cl)ccn1.Cl. The van der Waals surface area contributed by atoms with Crippen molar-refractivity contribution >= 4 is 29.9 Å². The highest BCUT2D eigenvalue weighted by atomic mass is 35.5. The van der Waals surface area contributed by atoms with E-state index in [9.17, 15) is 4.79 Å². The van der Waals surface area contributed by atoms with E-state index in [0.717, 1.165) is 0 Å². The molecule has 5 heteroatoms. The van der Waals surface area contributed by atoms with Gasteiger partial charge in [-0.05, 0) is 12.1 Å². The van der Waals surface area contributed by atoms with Gasteiger partial charge in [-0.3, -0.25) is 9.78 Å². The van der Waals surface area contributed by atoms with Crippen LogP contribution in [0.2, 0.25) is 5.02 Å². The summed E-state index contributed by atoms with van der Waals surface area (Å²) >= 11 is 5.63. The van der Waals surface area contributed by atoms with Crippen LogP contribution in [0.25, 0.3) is 0 Å². The van der Waals surface area contributed by atoms with Gasteiger partial charge in [0.1, 0.15) is 5.69 Å². The molecule has 3 nitrogen and oxygen atoms in total. The lowest BCUT2D eigenvalue weighted by Crippen LogP contribution is -2.18. The number of rotatable bonds is 1. The van der Waals surface area contributed by atoms with Crippen LogP contribution in [0.5, 0.6) is 0 Å². The maximum absolute atomic E-state index is 10.9. The van der Waals surface area contributed by atoms with Gasteiger partial charge in [0, 0.05) is 18.3 Å². The minimum atomic E-state index is -0.229. The van der Waals surface area contributed by atoms with Gasteiger partial charge in [0.2, 0.25) is 0 Å². The predicted molar refractivity (Wildman–Crippen MR) is 49.9 cm³/mol. The van der Waals surface area contributed by atoms with Crippen LogP contribution in [0.4, 0.5) is 0 Å². The molecule has 0 bridgehead atoms. The Bertz CT molecular complexity index is 278. The lowest BCUT2D eigenvalue weighted by molar-refractivity contribution is 0.0958. The molecule has 1 aromatic heterocycles. The topological polar surface area (TPSA) is 42.0 Å². The Morgan fingerprint density at radius 3 is 2.83 bits per heavy atom. The van der Waals surface area contributed by atoms with E-state index >= 15 is 0 Å². The molecular weight excluding hydrogens is 199 g/mol. The summed E-state index contributed by atoms with van der Waals surface area (Å²) in [6, 6.07) is 3.13. The van der Waals surface area contributed by atoms with Gasteiger partial charge in [-0.2, -0.15) is 0 Å². The molecule has 0 aliphatic carbocycles. The Morgan fingerprint density at radius 1 is 1.67 bits per heavy atom. The first-order valence-corrected chi connectivity index (χ1v) is 3.45. The molecule has 1 rings (SSSR count). The van der Waals surface area contributed by atoms with Gasteiger partial charge in [0.25, 0.3) is 5.91 Å². The van der Waals surface area contributed by atoms with Crippen molar-refractivity contribution in [1.82, 2.24) is 10.3 Å². The first-order chi connectivity index (χ1) is 5.24. The average molecular weight is 207 g/mol. The Hall–Kier alpha value is -0.800. The molecule has 12 heavy (non-hydrogen) atoms. The van der Waals surface area contributed by atoms with Crippen LogP contribution in [-0.2, 0) is 0 Å². The maximum Gasteiger partial charge on any atom is 0.269 e. The second-order valence-corrected chi connectivity index (χ2v) is 2.37. The summed E-state index contributed by atoms with van der Waals surface area (Å²) in [4.78, 5) is 14.7. The fourth-order valence-electron chi connectivity index (χ4n) is 0.657. The van der Waals surface area contributed by atoms with Crippen molar-refractivity contribution in [1.29, 1.82) is 0 Å². The number of pyridine rings is 1. The van der Waals surface area contributed by atoms with Gasteiger partial charge < -0.3 is 5.32 Å². The third-order valence-corrected chi connectivity index (χ3v) is 1.42. The second-order valence-electron chi connectivity index (χ2n) is 1.94. The number of carbonyl (C=O) groups is 1. The molecule has 1 N–H and O–H groups in total. The summed E-state index contributed by atoms with van der Waals surface area (Å²) in [6.45, 7) is 0. The van der Waals surface area contributed by atoms with Crippen LogP contribution in [0, 0.1) is 0 Å². The number of amides is 1.